The number of benzene rings is 4. The van der Waals surface area contributed by atoms with Gasteiger partial charge in [0.25, 0.3) is 0 Å². The van der Waals surface area contributed by atoms with Crippen LogP contribution in [0.2, 0.25) is 0 Å². The number of pyridine rings is 2. The van der Waals surface area contributed by atoms with Crippen molar-refractivity contribution in [2.45, 2.75) is 0 Å². The third kappa shape index (κ3) is 2.90. The van der Waals surface area contributed by atoms with Gasteiger partial charge in [-0.25, -0.2) is 9.97 Å². The van der Waals surface area contributed by atoms with Crippen molar-refractivity contribution in [3.63, 3.8) is 0 Å². The fourth-order valence-electron chi connectivity index (χ4n) is 4.66. The standard InChI is InChI=1S/C30H18N2O/c1-4-10-22-19(7-1)13-16-26-30(22)23(29-17-21-9-3-6-12-28(21)33-29)18-27(32-26)25-15-14-20-8-2-5-11-24(20)31-25/h1-18H. The highest BCUT2D eigenvalue weighted by Crippen LogP contribution is 2.38. The van der Waals surface area contributed by atoms with Crippen LogP contribution in [0.4, 0.5) is 0 Å². The minimum Gasteiger partial charge on any atom is -0.456 e. The first-order valence-corrected chi connectivity index (χ1v) is 11.0. The lowest BCUT2D eigenvalue weighted by atomic mass is 9.98. The molecule has 3 aromatic heterocycles. The van der Waals surface area contributed by atoms with Crippen molar-refractivity contribution in [3.8, 4) is 22.7 Å². The minimum atomic E-state index is 0.832. The number of hydrogen-bond acceptors (Lipinski definition) is 3. The topological polar surface area (TPSA) is 38.9 Å². The molecule has 0 bridgehead atoms. The molecule has 0 spiro atoms. The van der Waals surface area contributed by atoms with Gasteiger partial charge in [-0.15, -0.1) is 0 Å². The number of furan rings is 1. The van der Waals surface area contributed by atoms with Gasteiger partial charge in [-0.2, -0.15) is 0 Å². The number of fused-ring (bicyclic) bond motifs is 5. The molecule has 0 aliphatic carbocycles. The molecule has 0 unspecified atom stereocenters. The van der Waals surface area contributed by atoms with Crippen molar-refractivity contribution in [2.24, 2.45) is 0 Å². The summed E-state index contributed by atoms with van der Waals surface area (Å²) in [4.78, 5) is 9.94. The Bertz CT molecular complexity index is 1800. The summed E-state index contributed by atoms with van der Waals surface area (Å²) in [6, 6.07) is 37.3. The lowest BCUT2D eigenvalue weighted by Crippen LogP contribution is -1.93. The Balaban J connectivity index is 1.56. The van der Waals surface area contributed by atoms with Crippen LogP contribution in [-0.4, -0.2) is 9.97 Å². The van der Waals surface area contributed by atoms with Gasteiger partial charge in [-0.05, 0) is 47.2 Å². The molecule has 33 heavy (non-hydrogen) atoms. The lowest BCUT2D eigenvalue weighted by molar-refractivity contribution is 0.632. The Kier molecular flexibility index (Phi) is 3.84. The summed E-state index contributed by atoms with van der Waals surface area (Å²) in [6.45, 7) is 0. The first kappa shape index (κ1) is 18.1. The van der Waals surface area contributed by atoms with E-state index < -0.39 is 0 Å². The van der Waals surface area contributed by atoms with Gasteiger partial charge >= 0.3 is 0 Å². The first-order valence-electron chi connectivity index (χ1n) is 11.0. The summed E-state index contributed by atoms with van der Waals surface area (Å²) >= 11 is 0. The fraction of sp³-hybridized carbons (Fsp3) is 0. The van der Waals surface area contributed by atoms with E-state index in [-0.39, 0.29) is 0 Å². The van der Waals surface area contributed by atoms with Crippen molar-refractivity contribution in [1.82, 2.24) is 9.97 Å². The monoisotopic (exact) mass is 422 g/mol. The molecule has 0 N–H and O–H groups in total. The van der Waals surface area contributed by atoms with Gasteiger partial charge in [0.15, 0.2) is 0 Å². The van der Waals surface area contributed by atoms with Crippen molar-refractivity contribution < 1.29 is 4.42 Å². The van der Waals surface area contributed by atoms with Gasteiger partial charge in [-0.1, -0.05) is 72.8 Å². The molecule has 0 atom stereocenters. The molecule has 0 saturated carbocycles. The van der Waals surface area contributed by atoms with Crippen molar-refractivity contribution in [1.29, 1.82) is 0 Å². The molecule has 0 radical (unpaired) electrons. The van der Waals surface area contributed by atoms with E-state index in [9.17, 15) is 0 Å². The van der Waals surface area contributed by atoms with Gasteiger partial charge in [0.2, 0.25) is 0 Å². The summed E-state index contributed by atoms with van der Waals surface area (Å²) in [5, 5.41) is 5.64. The second-order valence-corrected chi connectivity index (χ2v) is 8.27. The van der Waals surface area contributed by atoms with Gasteiger partial charge in [0.05, 0.1) is 22.4 Å². The minimum absolute atomic E-state index is 0.832. The van der Waals surface area contributed by atoms with E-state index in [1.165, 1.54) is 5.39 Å². The number of aromatic nitrogens is 2. The van der Waals surface area contributed by atoms with Gasteiger partial charge in [0, 0.05) is 21.7 Å². The maximum Gasteiger partial charge on any atom is 0.136 e. The average molecular weight is 422 g/mol. The molecule has 7 rings (SSSR count). The maximum absolute atomic E-state index is 6.32. The highest BCUT2D eigenvalue weighted by atomic mass is 16.3. The molecular weight excluding hydrogens is 404 g/mol. The quantitative estimate of drug-likeness (QED) is 0.265. The zero-order valence-corrected chi connectivity index (χ0v) is 17.7. The number of rotatable bonds is 2. The lowest BCUT2D eigenvalue weighted by Gasteiger charge is -2.11. The zero-order valence-electron chi connectivity index (χ0n) is 17.7. The molecule has 0 aliphatic heterocycles. The second-order valence-electron chi connectivity index (χ2n) is 8.27. The Morgan fingerprint density at radius 3 is 2.15 bits per heavy atom. The summed E-state index contributed by atoms with van der Waals surface area (Å²) in [7, 11) is 0. The number of hydrogen-bond donors (Lipinski definition) is 0. The third-order valence-corrected chi connectivity index (χ3v) is 6.25. The zero-order chi connectivity index (χ0) is 21.8. The van der Waals surface area contributed by atoms with Crippen LogP contribution in [0.3, 0.4) is 0 Å². The third-order valence-electron chi connectivity index (χ3n) is 6.25. The van der Waals surface area contributed by atoms with Crippen LogP contribution >= 0.6 is 0 Å². The molecule has 4 aromatic carbocycles. The van der Waals surface area contributed by atoms with E-state index in [1.807, 2.05) is 42.5 Å². The van der Waals surface area contributed by atoms with Gasteiger partial charge < -0.3 is 4.42 Å². The predicted octanol–water partition coefficient (Wildman–Crippen LogP) is 8.02. The predicted molar refractivity (Wildman–Crippen MR) is 135 cm³/mol. The second kappa shape index (κ2) is 7.01. The van der Waals surface area contributed by atoms with Gasteiger partial charge in [0.1, 0.15) is 11.3 Å². The molecule has 0 saturated heterocycles. The molecule has 0 aliphatic rings. The van der Waals surface area contributed by atoms with Crippen molar-refractivity contribution in [3.05, 3.63) is 109 Å². The molecule has 154 valence electrons. The smallest absolute Gasteiger partial charge is 0.136 e. The highest BCUT2D eigenvalue weighted by Gasteiger charge is 2.16. The molecule has 0 fully saturated rings. The van der Waals surface area contributed by atoms with Gasteiger partial charge in [-0.3, -0.25) is 0 Å². The van der Waals surface area contributed by atoms with Crippen LogP contribution in [0.5, 0.6) is 0 Å². The Morgan fingerprint density at radius 1 is 0.515 bits per heavy atom. The summed E-state index contributed by atoms with van der Waals surface area (Å²) in [5.74, 6) is 0.835. The van der Waals surface area contributed by atoms with Crippen LogP contribution < -0.4 is 0 Å². The molecule has 3 nitrogen and oxygen atoms in total. The van der Waals surface area contributed by atoms with Crippen LogP contribution in [-0.2, 0) is 0 Å². The van der Waals surface area contributed by atoms with Crippen LogP contribution in [0.25, 0.3) is 66.3 Å². The fourth-order valence-corrected chi connectivity index (χ4v) is 4.66. The summed E-state index contributed by atoms with van der Waals surface area (Å²) in [5.41, 5.74) is 5.47. The molecule has 3 heterocycles. The number of para-hydroxylation sites is 2. The van der Waals surface area contributed by atoms with E-state index in [1.54, 1.807) is 0 Å². The maximum atomic E-state index is 6.32. The Labute approximate surface area is 190 Å². The Hall–Kier alpha value is -4.50. The van der Waals surface area contributed by atoms with E-state index in [4.69, 9.17) is 14.4 Å². The first-order chi connectivity index (χ1) is 16.3. The van der Waals surface area contributed by atoms with Crippen molar-refractivity contribution >= 4 is 43.5 Å². The molecule has 0 amide bonds. The average Bonchev–Trinajstić information content (AvgIpc) is 3.32. The van der Waals surface area contributed by atoms with Crippen LogP contribution in [0.1, 0.15) is 0 Å². The van der Waals surface area contributed by atoms with Crippen molar-refractivity contribution in [2.75, 3.05) is 0 Å². The summed E-state index contributed by atoms with van der Waals surface area (Å²) in [6.07, 6.45) is 0. The van der Waals surface area contributed by atoms with Crippen LogP contribution in [0, 0.1) is 0 Å². The van der Waals surface area contributed by atoms with E-state index >= 15 is 0 Å². The normalized spacial score (nSPS) is 11.6. The van der Waals surface area contributed by atoms with E-state index in [0.29, 0.717) is 0 Å². The summed E-state index contributed by atoms with van der Waals surface area (Å²) < 4.78 is 6.32. The van der Waals surface area contributed by atoms with E-state index in [2.05, 4.69) is 66.7 Å². The largest absolute Gasteiger partial charge is 0.456 e. The SMILES string of the molecule is c1ccc2nc(-c3cc(-c4cc5ccccc5o4)c4c(ccc5ccccc54)n3)ccc2c1. The molecule has 7 aromatic rings. The number of nitrogens with zero attached hydrogens (tertiary/aromatic N) is 2. The molecular formula is C30H18N2O. The highest BCUT2D eigenvalue weighted by molar-refractivity contribution is 6.13. The van der Waals surface area contributed by atoms with Crippen LogP contribution in [0.15, 0.2) is 114 Å². The molecule has 3 heteroatoms. The Morgan fingerprint density at radius 2 is 1.24 bits per heavy atom. The van der Waals surface area contributed by atoms with E-state index in [0.717, 1.165) is 60.9 Å².